The molecule has 0 N–H and O–H groups in total. The second-order valence-corrected chi connectivity index (χ2v) is 10.5. The first-order valence-electron chi connectivity index (χ1n) is 15.0. The van der Waals surface area contributed by atoms with Gasteiger partial charge in [0.2, 0.25) is 0 Å². The van der Waals surface area contributed by atoms with Crippen LogP contribution in [-0.2, 0) is 9.59 Å². The minimum absolute atomic E-state index is 0. The first kappa shape index (κ1) is 40.6. The van der Waals surface area contributed by atoms with Crippen LogP contribution in [0.15, 0.2) is 0 Å². The third-order valence-electron chi connectivity index (χ3n) is 7.17. The molecule has 202 valence electrons. The van der Waals surface area contributed by atoms with E-state index in [0.29, 0.717) is 0 Å². The van der Waals surface area contributed by atoms with Gasteiger partial charge in [-0.05, 0) is 31.6 Å². The van der Waals surface area contributed by atoms with Gasteiger partial charge >= 0.3 is 37.7 Å². The molecule has 36 heavy (non-hydrogen) atoms. The molecule has 0 aliphatic carbocycles. The van der Waals surface area contributed by atoms with Crippen LogP contribution in [0.3, 0.4) is 0 Å². The Kier molecular flexibility index (Phi) is 37.4. The van der Waals surface area contributed by atoms with Gasteiger partial charge in [0.05, 0.1) is 0 Å². The Balaban J connectivity index is -0.00000544. The normalized spacial score (nSPS) is 11.5. The fourth-order valence-corrected chi connectivity index (χ4v) is 4.86. The van der Waals surface area contributed by atoms with E-state index in [1.165, 1.54) is 89.9 Å². The summed E-state index contributed by atoms with van der Waals surface area (Å²) in [6.07, 6.45) is 29.9. The van der Waals surface area contributed by atoms with E-state index in [1.807, 2.05) is 0 Å². The summed E-state index contributed by atoms with van der Waals surface area (Å²) in [5, 5.41) is 21.8. The molecule has 0 rings (SSSR count). The van der Waals surface area contributed by atoms with Crippen LogP contribution in [-0.4, -0.2) is 11.9 Å². The van der Waals surface area contributed by atoms with Gasteiger partial charge in [0, 0.05) is 11.9 Å². The minimum atomic E-state index is -0.945. The molecule has 6 heteroatoms. The Morgan fingerprint density at radius 1 is 0.472 bits per heavy atom. The summed E-state index contributed by atoms with van der Waals surface area (Å²) in [6.45, 7) is 2.27. The Morgan fingerprint density at radius 3 is 1.03 bits per heavy atom. The van der Waals surface area contributed by atoms with Crippen LogP contribution in [0, 0.1) is 5.92 Å². The topological polar surface area (TPSA) is 80.3 Å². The Bertz CT molecular complexity index is 460. The summed E-state index contributed by atoms with van der Waals surface area (Å²) in [5.41, 5.74) is 0. The molecule has 0 saturated carbocycles. The molecular formula is C30H56Li2O4. The second-order valence-electron chi connectivity index (χ2n) is 10.5. The first-order valence-corrected chi connectivity index (χ1v) is 15.0. The van der Waals surface area contributed by atoms with Gasteiger partial charge in [-0.15, -0.1) is 0 Å². The first-order chi connectivity index (χ1) is 16.6. The van der Waals surface area contributed by atoms with Gasteiger partial charge in [0.25, 0.3) is 0 Å². The van der Waals surface area contributed by atoms with Gasteiger partial charge in [-0.25, -0.2) is 0 Å². The fraction of sp³-hybridized carbons (Fsp3) is 0.933. The zero-order valence-electron chi connectivity index (χ0n) is 24.6. The van der Waals surface area contributed by atoms with Crippen LogP contribution in [0.2, 0.25) is 0 Å². The van der Waals surface area contributed by atoms with Crippen molar-refractivity contribution in [1.29, 1.82) is 0 Å². The molecule has 0 aromatic carbocycles. The van der Waals surface area contributed by atoms with Crippen molar-refractivity contribution in [2.24, 2.45) is 5.92 Å². The van der Waals surface area contributed by atoms with E-state index in [9.17, 15) is 19.8 Å². The van der Waals surface area contributed by atoms with Crippen molar-refractivity contribution in [3.8, 4) is 0 Å². The summed E-state index contributed by atoms with van der Waals surface area (Å²) in [7, 11) is 0. The Morgan fingerprint density at radius 2 is 0.750 bits per heavy atom. The molecular weight excluding hydrogens is 438 g/mol. The SMILES string of the molecule is CCCCCCCCCCCCCCCCC(CCCCCCCCCCCC(=O)[O-])C(=O)[O-].[Li+].[Li+]. The van der Waals surface area contributed by atoms with Gasteiger partial charge in [0.15, 0.2) is 0 Å². The van der Waals surface area contributed by atoms with Crippen molar-refractivity contribution in [1.82, 2.24) is 0 Å². The molecule has 0 aromatic rings. The number of carboxylic acids is 2. The van der Waals surface area contributed by atoms with E-state index in [1.54, 1.807) is 0 Å². The van der Waals surface area contributed by atoms with Gasteiger partial charge in [-0.3, -0.25) is 0 Å². The number of hydrogen-bond acceptors (Lipinski definition) is 4. The maximum Gasteiger partial charge on any atom is 1.00 e. The van der Waals surface area contributed by atoms with Crippen molar-refractivity contribution in [3.05, 3.63) is 0 Å². The van der Waals surface area contributed by atoms with E-state index in [0.717, 1.165) is 70.6 Å². The molecule has 0 saturated heterocycles. The zero-order valence-corrected chi connectivity index (χ0v) is 24.6. The van der Waals surface area contributed by atoms with Crippen molar-refractivity contribution in [2.75, 3.05) is 0 Å². The molecule has 0 bridgehead atoms. The monoisotopic (exact) mass is 494 g/mol. The largest absolute Gasteiger partial charge is 1.00 e. The van der Waals surface area contributed by atoms with E-state index in [2.05, 4.69) is 6.92 Å². The predicted octanol–water partition coefficient (Wildman–Crippen LogP) is 1.27. The quantitative estimate of drug-likeness (QED) is 0.121. The summed E-state index contributed by atoms with van der Waals surface area (Å²) in [6, 6.07) is 0. The van der Waals surface area contributed by atoms with Crippen LogP contribution in [0.25, 0.3) is 0 Å². The van der Waals surface area contributed by atoms with Crippen molar-refractivity contribution in [2.45, 2.75) is 174 Å². The number of unbranched alkanes of at least 4 members (excludes halogenated alkanes) is 21. The minimum Gasteiger partial charge on any atom is -0.550 e. The van der Waals surface area contributed by atoms with Crippen LogP contribution in [0.5, 0.6) is 0 Å². The number of carboxylic acid groups (broad SMARTS) is 2. The molecule has 0 aromatic heterocycles. The van der Waals surface area contributed by atoms with Gasteiger partial charge in [-0.1, -0.05) is 148 Å². The third-order valence-corrected chi connectivity index (χ3v) is 7.17. The smallest absolute Gasteiger partial charge is 0.550 e. The summed E-state index contributed by atoms with van der Waals surface area (Å²) in [4.78, 5) is 21.8. The Hall–Kier alpha value is 0.135. The number of rotatable bonds is 28. The summed E-state index contributed by atoms with van der Waals surface area (Å²) in [5.74, 6) is -2.06. The van der Waals surface area contributed by atoms with Crippen molar-refractivity contribution in [3.63, 3.8) is 0 Å². The summed E-state index contributed by atoms with van der Waals surface area (Å²) >= 11 is 0. The van der Waals surface area contributed by atoms with Crippen LogP contribution in [0.4, 0.5) is 0 Å². The molecule has 0 fully saturated rings. The molecule has 4 nitrogen and oxygen atoms in total. The van der Waals surface area contributed by atoms with Gasteiger partial charge in [-0.2, -0.15) is 0 Å². The molecule has 0 heterocycles. The van der Waals surface area contributed by atoms with Crippen LogP contribution in [0.1, 0.15) is 174 Å². The zero-order chi connectivity index (χ0) is 25.1. The van der Waals surface area contributed by atoms with E-state index >= 15 is 0 Å². The van der Waals surface area contributed by atoms with Crippen LogP contribution < -0.4 is 47.9 Å². The molecule has 0 spiro atoms. The van der Waals surface area contributed by atoms with Crippen molar-refractivity contribution < 1.29 is 57.5 Å². The predicted molar refractivity (Wildman–Crippen MR) is 139 cm³/mol. The number of aliphatic carboxylic acids is 2. The third kappa shape index (κ3) is 32.2. The van der Waals surface area contributed by atoms with Crippen molar-refractivity contribution >= 4 is 11.9 Å². The molecule has 0 aliphatic heterocycles. The standard InChI is InChI=1S/C30H58O4.2Li/c1-2-3-4-5-6-7-8-9-10-11-13-16-19-22-25-28(30(33)34)26-23-20-17-14-12-15-18-21-24-27-29(31)32;;/h28H,2-27H2,1H3,(H,31,32)(H,33,34);;/q;2*+1/p-2. The fourth-order valence-electron chi connectivity index (χ4n) is 4.86. The molecule has 0 radical (unpaired) electrons. The number of carbonyl (C=O) groups excluding carboxylic acids is 2. The van der Waals surface area contributed by atoms with E-state index < -0.39 is 11.9 Å². The van der Waals surface area contributed by atoms with E-state index in [4.69, 9.17) is 0 Å². The van der Waals surface area contributed by atoms with Gasteiger partial charge < -0.3 is 19.8 Å². The van der Waals surface area contributed by atoms with Crippen LogP contribution >= 0.6 is 0 Å². The van der Waals surface area contributed by atoms with Gasteiger partial charge in [0.1, 0.15) is 0 Å². The average molecular weight is 495 g/mol. The number of carbonyl (C=O) groups is 2. The summed E-state index contributed by atoms with van der Waals surface area (Å²) < 4.78 is 0. The Labute approximate surface area is 248 Å². The number of hydrogen-bond donors (Lipinski definition) is 0. The molecule has 1 atom stereocenters. The molecule has 1 unspecified atom stereocenters. The molecule has 0 amide bonds. The maximum absolute atomic E-state index is 11.4. The molecule has 0 aliphatic rings. The second kappa shape index (κ2) is 33.2. The van der Waals surface area contributed by atoms with E-state index in [-0.39, 0.29) is 50.1 Å². The average Bonchev–Trinajstić information content (AvgIpc) is 2.80. The maximum atomic E-state index is 11.4.